The fraction of sp³-hybridized carbons (Fsp3) is 0.500. The van der Waals surface area contributed by atoms with Gasteiger partial charge in [-0.1, -0.05) is 32.0 Å². The minimum absolute atomic E-state index is 0.303. The first-order chi connectivity index (χ1) is 8.99. The van der Waals surface area contributed by atoms with Gasteiger partial charge in [-0.05, 0) is 24.5 Å². The van der Waals surface area contributed by atoms with E-state index in [-0.39, 0.29) is 6.42 Å². The van der Waals surface area contributed by atoms with E-state index in [4.69, 9.17) is 9.94 Å². The molecule has 0 bridgehead atoms. The average molecular weight is 267 g/mol. The Kier molecular flexibility index (Phi) is 6.32. The van der Waals surface area contributed by atoms with E-state index in [0.717, 1.165) is 0 Å². The zero-order valence-electron chi connectivity index (χ0n) is 11.2. The molecule has 0 aliphatic rings. The first kappa shape index (κ1) is 15.5. The second kappa shape index (κ2) is 7.76. The molecular formula is C14H21NO4. The highest BCUT2D eigenvalue weighted by molar-refractivity contribution is 5.67. The summed E-state index contributed by atoms with van der Waals surface area (Å²) in [6.45, 7) is 4.01. The SMILES string of the molecule is CC(C)C[C@H](NOc1ccccc1)[C@@H](O)CC(=O)O. The van der Waals surface area contributed by atoms with Crippen molar-refractivity contribution in [1.82, 2.24) is 5.48 Å². The largest absolute Gasteiger partial charge is 0.481 e. The molecule has 0 heterocycles. The molecule has 2 atom stereocenters. The van der Waals surface area contributed by atoms with Gasteiger partial charge < -0.3 is 15.1 Å². The topological polar surface area (TPSA) is 78.8 Å². The van der Waals surface area contributed by atoms with Crippen molar-refractivity contribution in [2.24, 2.45) is 5.92 Å². The van der Waals surface area contributed by atoms with Gasteiger partial charge in [-0.15, -0.1) is 0 Å². The summed E-state index contributed by atoms with van der Waals surface area (Å²) in [6, 6.07) is 8.69. The van der Waals surface area contributed by atoms with Crippen molar-refractivity contribution in [3.05, 3.63) is 30.3 Å². The van der Waals surface area contributed by atoms with Crippen LogP contribution < -0.4 is 10.3 Å². The van der Waals surface area contributed by atoms with Crippen LogP contribution in [0, 0.1) is 5.92 Å². The standard InChI is InChI=1S/C14H21NO4/c1-10(2)8-12(13(16)9-14(17)18)15-19-11-6-4-3-5-7-11/h3-7,10,12-13,15-16H,8-9H2,1-2H3,(H,17,18)/t12-,13-/m0/s1. The summed E-state index contributed by atoms with van der Waals surface area (Å²) < 4.78 is 0. The van der Waals surface area contributed by atoms with Gasteiger partial charge in [0.15, 0.2) is 0 Å². The van der Waals surface area contributed by atoms with Crippen molar-refractivity contribution in [2.75, 3.05) is 0 Å². The lowest BCUT2D eigenvalue weighted by Crippen LogP contribution is -2.43. The second-order valence-corrected chi connectivity index (χ2v) is 4.93. The number of carboxylic acid groups (broad SMARTS) is 1. The summed E-state index contributed by atoms with van der Waals surface area (Å²) in [4.78, 5) is 16.0. The lowest BCUT2D eigenvalue weighted by Gasteiger charge is -2.24. The van der Waals surface area contributed by atoms with E-state index < -0.39 is 18.1 Å². The number of nitrogens with one attached hydrogen (secondary N) is 1. The molecule has 0 unspecified atom stereocenters. The number of aliphatic hydroxyl groups excluding tert-OH is 1. The summed E-state index contributed by atoms with van der Waals surface area (Å²) in [5.74, 6) is -0.0816. The Bertz CT molecular complexity index is 380. The highest BCUT2D eigenvalue weighted by Crippen LogP contribution is 2.13. The van der Waals surface area contributed by atoms with Crippen LogP contribution in [0.15, 0.2) is 30.3 Å². The van der Waals surface area contributed by atoms with E-state index in [2.05, 4.69) is 5.48 Å². The molecule has 0 saturated carbocycles. The molecule has 0 spiro atoms. The minimum Gasteiger partial charge on any atom is -0.481 e. The number of rotatable bonds is 8. The lowest BCUT2D eigenvalue weighted by molar-refractivity contribution is -0.140. The predicted molar refractivity (Wildman–Crippen MR) is 71.7 cm³/mol. The van der Waals surface area contributed by atoms with Crippen LogP contribution in [0.1, 0.15) is 26.7 Å². The Morgan fingerprint density at radius 1 is 1.32 bits per heavy atom. The summed E-state index contributed by atoms with van der Waals surface area (Å²) in [5.41, 5.74) is 2.76. The second-order valence-electron chi connectivity index (χ2n) is 4.93. The Hall–Kier alpha value is -1.59. The van der Waals surface area contributed by atoms with E-state index in [1.165, 1.54) is 0 Å². The number of hydroxylamine groups is 1. The molecule has 5 nitrogen and oxygen atoms in total. The molecule has 106 valence electrons. The van der Waals surface area contributed by atoms with Crippen molar-refractivity contribution in [3.63, 3.8) is 0 Å². The maximum Gasteiger partial charge on any atom is 0.306 e. The normalized spacial score (nSPS) is 14.1. The number of aliphatic carboxylic acids is 1. The number of aliphatic hydroxyl groups is 1. The maximum atomic E-state index is 10.6. The Labute approximate surface area is 113 Å². The summed E-state index contributed by atoms with van der Waals surface area (Å²) in [5, 5.41) is 18.6. The van der Waals surface area contributed by atoms with Gasteiger partial charge in [0.1, 0.15) is 5.75 Å². The molecule has 1 aromatic rings. The van der Waals surface area contributed by atoms with Crippen molar-refractivity contribution in [1.29, 1.82) is 0 Å². The number of carbonyl (C=O) groups is 1. The van der Waals surface area contributed by atoms with E-state index in [1.54, 1.807) is 12.1 Å². The third-order valence-electron chi connectivity index (χ3n) is 2.64. The van der Waals surface area contributed by atoms with Crippen LogP contribution in [0.5, 0.6) is 5.75 Å². The molecule has 19 heavy (non-hydrogen) atoms. The molecule has 5 heteroatoms. The van der Waals surface area contributed by atoms with Gasteiger partial charge in [0.2, 0.25) is 0 Å². The van der Waals surface area contributed by atoms with E-state index in [0.29, 0.717) is 18.1 Å². The molecule has 0 radical (unpaired) electrons. The van der Waals surface area contributed by atoms with Crippen LogP contribution in [0.2, 0.25) is 0 Å². The Morgan fingerprint density at radius 2 is 1.95 bits per heavy atom. The summed E-state index contributed by atoms with van der Waals surface area (Å²) in [7, 11) is 0. The zero-order chi connectivity index (χ0) is 14.3. The highest BCUT2D eigenvalue weighted by atomic mass is 16.6. The predicted octanol–water partition coefficient (Wildman–Crippen LogP) is 1.82. The first-order valence-electron chi connectivity index (χ1n) is 6.36. The Balaban J connectivity index is 2.56. The van der Waals surface area contributed by atoms with Gasteiger partial charge in [-0.2, -0.15) is 5.48 Å². The quantitative estimate of drug-likeness (QED) is 0.626. The molecule has 0 aliphatic heterocycles. The van der Waals surface area contributed by atoms with Gasteiger partial charge >= 0.3 is 5.97 Å². The molecule has 0 aliphatic carbocycles. The van der Waals surface area contributed by atoms with Crippen LogP contribution >= 0.6 is 0 Å². The average Bonchev–Trinajstić information content (AvgIpc) is 2.34. The van der Waals surface area contributed by atoms with E-state index >= 15 is 0 Å². The monoisotopic (exact) mass is 267 g/mol. The number of carboxylic acids is 1. The number of para-hydroxylation sites is 1. The molecule has 1 rings (SSSR count). The van der Waals surface area contributed by atoms with Crippen LogP contribution in [-0.4, -0.2) is 28.3 Å². The van der Waals surface area contributed by atoms with Gasteiger partial charge in [0.25, 0.3) is 0 Å². The fourth-order valence-electron chi connectivity index (χ4n) is 1.75. The lowest BCUT2D eigenvalue weighted by atomic mass is 9.98. The number of hydrogen-bond acceptors (Lipinski definition) is 4. The fourth-order valence-corrected chi connectivity index (χ4v) is 1.75. The van der Waals surface area contributed by atoms with Crippen LogP contribution in [0.3, 0.4) is 0 Å². The smallest absolute Gasteiger partial charge is 0.306 e. The highest BCUT2D eigenvalue weighted by Gasteiger charge is 2.23. The number of hydrogen-bond donors (Lipinski definition) is 3. The summed E-state index contributed by atoms with van der Waals surface area (Å²) >= 11 is 0. The Morgan fingerprint density at radius 3 is 2.47 bits per heavy atom. The number of benzene rings is 1. The van der Waals surface area contributed by atoms with Crippen LogP contribution in [0.25, 0.3) is 0 Å². The van der Waals surface area contributed by atoms with Crippen molar-refractivity contribution >= 4 is 5.97 Å². The molecule has 3 N–H and O–H groups in total. The molecular weight excluding hydrogens is 246 g/mol. The van der Waals surface area contributed by atoms with E-state index in [1.807, 2.05) is 32.0 Å². The molecule has 0 saturated heterocycles. The third kappa shape index (κ3) is 6.22. The van der Waals surface area contributed by atoms with Gasteiger partial charge in [-0.3, -0.25) is 4.79 Å². The molecule has 0 fully saturated rings. The van der Waals surface area contributed by atoms with Crippen LogP contribution in [0.4, 0.5) is 0 Å². The maximum absolute atomic E-state index is 10.6. The van der Waals surface area contributed by atoms with Gasteiger partial charge in [0, 0.05) is 0 Å². The minimum atomic E-state index is -1.03. The molecule has 1 aromatic carbocycles. The summed E-state index contributed by atoms with van der Waals surface area (Å²) in [6.07, 6.45) is -0.660. The van der Waals surface area contributed by atoms with Gasteiger partial charge in [-0.25, -0.2) is 0 Å². The van der Waals surface area contributed by atoms with Crippen molar-refractivity contribution < 1.29 is 19.8 Å². The zero-order valence-corrected chi connectivity index (χ0v) is 11.2. The van der Waals surface area contributed by atoms with Gasteiger partial charge in [0.05, 0.1) is 18.6 Å². The van der Waals surface area contributed by atoms with Crippen molar-refractivity contribution in [2.45, 2.75) is 38.8 Å². The first-order valence-corrected chi connectivity index (χ1v) is 6.36. The molecule has 0 aromatic heterocycles. The third-order valence-corrected chi connectivity index (χ3v) is 2.64. The molecule has 0 amide bonds. The van der Waals surface area contributed by atoms with Crippen molar-refractivity contribution in [3.8, 4) is 5.75 Å². The van der Waals surface area contributed by atoms with E-state index in [9.17, 15) is 9.90 Å². The van der Waals surface area contributed by atoms with Crippen LogP contribution in [-0.2, 0) is 4.79 Å².